The van der Waals surface area contributed by atoms with Crippen molar-refractivity contribution in [2.75, 3.05) is 25.0 Å². The Morgan fingerprint density at radius 1 is 1.35 bits per heavy atom. The molecule has 20 heavy (non-hydrogen) atoms. The average molecular weight is 279 g/mol. The summed E-state index contributed by atoms with van der Waals surface area (Å²) in [5.41, 5.74) is 2.13. The zero-order valence-electron chi connectivity index (χ0n) is 12.8. The van der Waals surface area contributed by atoms with Crippen LogP contribution in [0.3, 0.4) is 0 Å². The van der Waals surface area contributed by atoms with Gasteiger partial charge in [0.1, 0.15) is 0 Å². The van der Waals surface area contributed by atoms with Gasteiger partial charge in [0.15, 0.2) is 0 Å². The fourth-order valence-electron chi connectivity index (χ4n) is 2.25. The van der Waals surface area contributed by atoms with Gasteiger partial charge in [0.25, 0.3) is 5.69 Å². The number of nitrogens with zero attached hydrogens (tertiary/aromatic N) is 2. The van der Waals surface area contributed by atoms with Gasteiger partial charge in [-0.25, -0.2) is 0 Å². The number of benzene rings is 1. The minimum absolute atomic E-state index is 0.155. The van der Waals surface area contributed by atoms with E-state index in [1.54, 1.807) is 18.2 Å². The van der Waals surface area contributed by atoms with Gasteiger partial charge in [0.2, 0.25) is 0 Å². The number of rotatable bonds is 8. The number of nitro groups is 1. The first-order valence-electron chi connectivity index (χ1n) is 7.21. The Bertz CT molecular complexity index is 447. The molecule has 0 atom stereocenters. The smallest absolute Gasteiger partial charge is 0.269 e. The average Bonchev–Trinajstić information content (AvgIpc) is 2.39. The molecule has 0 unspecified atom stereocenters. The molecular formula is C15H25N3O2. The van der Waals surface area contributed by atoms with Crippen LogP contribution in [0.1, 0.15) is 33.3 Å². The van der Waals surface area contributed by atoms with E-state index < -0.39 is 0 Å². The van der Waals surface area contributed by atoms with Crippen molar-refractivity contribution in [3.05, 3.63) is 33.9 Å². The zero-order chi connectivity index (χ0) is 15.1. The lowest BCUT2D eigenvalue weighted by atomic mass is 10.1. The monoisotopic (exact) mass is 279 g/mol. The molecule has 0 aliphatic carbocycles. The predicted octanol–water partition coefficient (Wildman–Crippen LogP) is 3.50. The Morgan fingerprint density at radius 2 is 2.05 bits per heavy atom. The molecule has 1 aromatic carbocycles. The summed E-state index contributed by atoms with van der Waals surface area (Å²) in [5, 5.41) is 14.2. The van der Waals surface area contributed by atoms with Crippen molar-refractivity contribution in [3.63, 3.8) is 0 Å². The van der Waals surface area contributed by atoms with E-state index in [0.29, 0.717) is 5.92 Å². The van der Waals surface area contributed by atoms with Gasteiger partial charge >= 0.3 is 0 Å². The molecular weight excluding hydrogens is 254 g/mol. The van der Waals surface area contributed by atoms with Crippen LogP contribution in [0.25, 0.3) is 0 Å². The van der Waals surface area contributed by atoms with Crippen LogP contribution in [0.4, 0.5) is 11.4 Å². The Balaban J connectivity index is 2.98. The zero-order valence-corrected chi connectivity index (χ0v) is 12.8. The Labute approximate surface area is 121 Å². The second kappa shape index (κ2) is 7.85. The van der Waals surface area contributed by atoms with Crippen LogP contribution in [0.15, 0.2) is 18.2 Å². The van der Waals surface area contributed by atoms with E-state index in [0.717, 1.165) is 37.4 Å². The van der Waals surface area contributed by atoms with E-state index >= 15 is 0 Å². The molecule has 0 aliphatic rings. The van der Waals surface area contributed by atoms with Crippen LogP contribution in [0.2, 0.25) is 0 Å². The van der Waals surface area contributed by atoms with E-state index in [4.69, 9.17) is 0 Å². The first kappa shape index (κ1) is 16.4. The molecule has 0 saturated carbocycles. The molecule has 0 bridgehead atoms. The third kappa shape index (κ3) is 4.81. The van der Waals surface area contributed by atoms with E-state index in [1.165, 1.54) is 0 Å². The van der Waals surface area contributed by atoms with Crippen molar-refractivity contribution >= 4 is 11.4 Å². The Morgan fingerprint density at radius 3 is 2.55 bits per heavy atom. The highest BCUT2D eigenvalue weighted by Gasteiger charge is 2.13. The van der Waals surface area contributed by atoms with Crippen LogP contribution in [-0.4, -0.2) is 29.5 Å². The summed E-state index contributed by atoms with van der Waals surface area (Å²) < 4.78 is 0. The van der Waals surface area contributed by atoms with E-state index in [1.807, 2.05) is 6.92 Å². The second-order valence-electron chi connectivity index (χ2n) is 5.35. The second-order valence-corrected chi connectivity index (χ2v) is 5.35. The number of nitrogens with one attached hydrogen (secondary N) is 1. The van der Waals surface area contributed by atoms with Gasteiger partial charge in [-0.05, 0) is 31.0 Å². The quantitative estimate of drug-likeness (QED) is 0.584. The maximum absolute atomic E-state index is 10.9. The number of non-ortho nitro benzene ring substituents is 1. The van der Waals surface area contributed by atoms with E-state index in [9.17, 15) is 10.1 Å². The van der Waals surface area contributed by atoms with Crippen molar-refractivity contribution in [3.8, 4) is 0 Å². The molecule has 112 valence electrons. The normalized spacial score (nSPS) is 11.1. The summed E-state index contributed by atoms with van der Waals surface area (Å²) in [4.78, 5) is 12.9. The van der Waals surface area contributed by atoms with Crippen molar-refractivity contribution in [2.45, 2.75) is 34.2 Å². The summed E-state index contributed by atoms with van der Waals surface area (Å²) in [7, 11) is 0. The molecule has 1 N–H and O–H groups in total. The van der Waals surface area contributed by atoms with Crippen molar-refractivity contribution < 1.29 is 4.92 Å². The van der Waals surface area contributed by atoms with Gasteiger partial charge in [0, 0.05) is 37.5 Å². The fourth-order valence-corrected chi connectivity index (χ4v) is 2.25. The molecule has 1 aromatic rings. The van der Waals surface area contributed by atoms with Crippen LogP contribution in [0.5, 0.6) is 0 Å². The van der Waals surface area contributed by atoms with Crippen molar-refractivity contribution in [1.29, 1.82) is 0 Å². The molecule has 5 heteroatoms. The van der Waals surface area contributed by atoms with Crippen LogP contribution < -0.4 is 5.32 Å². The molecule has 0 aromatic heterocycles. The van der Waals surface area contributed by atoms with Gasteiger partial charge < -0.3 is 5.32 Å². The molecule has 0 heterocycles. The lowest BCUT2D eigenvalue weighted by Crippen LogP contribution is -2.27. The highest BCUT2D eigenvalue weighted by molar-refractivity contribution is 5.56. The minimum Gasteiger partial charge on any atom is -0.385 e. The first-order chi connectivity index (χ1) is 9.47. The summed E-state index contributed by atoms with van der Waals surface area (Å²) in [6.45, 7) is 12.0. The largest absolute Gasteiger partial charge is 0.385 e. The maximum Gasteiger partial charge on any atom is 0.269 e. The number of anilines is 1. The summed E-state index contributed by atoms with van der Waals surface area (Å²) >= 11 is 0. The third-order valence-corrected chi connectivity index (χ3v) is 3.13. The fraction of sp³-hybridized carbons (Fsp3) is 0.600. The molecule has 0 amide bonds. The molecule has 5 nitrogen and oxygen atoms in total. The van der Waals surface area contributed by atoms with Gasteiger partial charge in [-0.1, -0.05) is 20.8 Å². The highest BCUT2D eigenvalue weighted by atomic mass is 16.6. The number of hydrogen-bond donors (Lipinski definition) is 1. The molecule has 0 saturated heterocycles. The first-order valence-corrected chi connectivity index (χ1v) is 7.21. The van der Waals surface area contributed by atoms with Crippen molar-refractivity contribution in [1.82, 2.24) is 4.90 Å². The minimum atomic E-state index is -0.335. The molecule has 1 rings (SSSR count). The summed E-state index contributed by atoms with van der Waals surface area (Å²) in [5.74, 6) is 0.580. The third-order valence-electron chi connectivity index (χ3n) is 3.13. The maximum atomic E-state index is 10.9. The van der Waals surface area contributed by atoms with Crippen LogP contribution >= 0.6 is 0 Å². The molecule has 0 fully saturated rings. The Hall–Kier alpha value is -1.62. The predicted molar refractivity (Wildman–Crippen MR) is 83.0 cm³/mol. The van der Waals surface area contributed by atoms with Gasteiger partial charge in [-0.15, -0.1) is 0 Å². The summed E-state index contributed by atoms with van der Waals surface area (Å²) in [6.07, 6.45) is 0. The van der Waals surface area contributed by atoms with Gasteiger partial charge in [0.05, 0.1) is 4.92 Å². The van der Waals surface area contributed by atoms with E-state index in [-0.39, 0.29) is 10.6 Å². The molecule has 0 spiro atoms. The van der Waals surface area contributed by atoms with Gasteiger partial charge in [-0.2, -0.15) is 0 Å². The van der Waals surface area contributed by atoms with Crippen molar-refractivity contribution in [2.24, 2.45) is 5.92 Å². The highest BCUT2D eigenvalue weighted by Crippen LogP contribution is 2.23. The standard InChI is InChI=1S/C15H25N3O2/c1-5-16-15-8-7-14(18(19)20)9-13(15)11-17(6-2)10-12(3)4/h7-9,12,16H,5-6,10-11H2,1-4H3. The molecule has 0 aliphatic heterocycles. The summed E-state index contributed by atoms with van der Waals surface area (Å²) in [6, 6.07) is 5.04. The number of nitro benzene ring substituents is 1. The SMILES string of the molecule is CCNc1ccc([N+](=O)[O-])cc1CN(CC)CC(C)C. The molecule has 0 radical (unpaired) electrons. The van der Waals surface area contributed by atoms with E-state index in [2.05, 4.69) is 31.0 Å². The topological polar surface area (TPSA) is 58.4 Å². The lowest BCUT2D eigenvalue weighted by molar-refractivity contribution is -0.384. The number of hydrogen-bond acceptors (Lipinski definition) is 4. The van der Waals surface area contributed by atoms with Crippen LogP contribution in [-0.2, 0) is 6.54 Å². The Kier molecular flexibility index (Phi) is 6.45. The lowest BCUT2D eigenvalue weighted by Gasteiger charge is -2.24. The van der Waals surface area contributed by atoms with Gasteiger partial charge in [-0.3, -0.25) is 15.0 Å². The van der Waals surface area contributed by atoms with Crippen LogP contribution in [0, 0.1) is 16.0 Å².